The third-order valence-electron chi connectivity index (χ3n) is 7.38. The number of nitrogens with one attached hydrogen (secondary N) is 1. The van der Waals surface area contributed by atoms with Gasteiger partial charge >= 0.3 is 12.1 Å². The second-order valence-corrected chi connectivity index (χ2v) is 10.9. The lowest BCUT2D eigenvalue weighted by atomic mass is 9.63. The van der Waals surface area contributed by atoms with Crippen molar-refractivity contribution in [3.05, 3.63) is 65.5 Å². The maximum atomic E-state index is 13.9. The highest BCUT2D eigenvalue weighted by Crippen LogP contribution is 2.44. The van der Waals surface area contributed by atoms with E-state index in [4.69, 9.17) is 14.2 Å². The number of benzene rings is 2. The molecule has 1 N–H and O–H groups in total. The zero-order valence-corrected chi connectivity index (χ0v) is 23.4. The minimum absolute atomic E-state index is 0.0648. The summed E-state index contributed by atoms with van der Waals surface area (Å²) in [5, 5.41) is 3.52. The van der Waals surface area contributed by atoms with Crippen LogP contribution in [0.3, 0.4) is 0 Å². The number of hydrogen-bond acceptors (Lipinski definition) is 6. The van der Waals surface area contributed by atoms with Gasteiger partial charge in [0.2, 0.25) is 0 Å². The van der Waals surface area contributed by atoms with Gasteiger partial charge in [0.25, 0.3) is 0 Å². The SMILES string of the molecule is COC(=O)C(CCN[C@H](C)c1ccc(OC)cc1)C1(c2ccc(F)cc2)CCN(C(=O)OC(C)(C)C)CC1. The topological polar surface area (TPSA) is 77.1 Å². The van der Waals surface area contributed by atoms with Crippen LogP contribution >= 0.6 is 0 Å². The minimum Gasteiger partial charge on any atom is -0.497 e. The molecule has 1 aliphatic rings. The van der Waals surface area contributed by atoms with Crippen LogP contribution in [0, 0.1) is 11.7 Å². The van der Waals surface area contributed by atoms with Crippen molar-refractivity contribution in [2.45, 2.75) is 64.0 Å². The summed E-state index contributed by atoms with van der Waals surface area (Å²) in [4.78, 5) is 27.7. The lowest BCUT2D eigenvalue weighted by Gasteiger charge is -2.46. The third-order valence-corrected chi connectivity index (χ3v) is 7.38. The number of rotatable bonds is 9. The smallest absolute Gasteiger partial charge is 0.410 e. The van der Waals surface area contributed by atoms with E-state index < -0.39 is 16.9 Å². The fourth-order valence-corrected chi connectivity index (χ4v) is 5.25. The van der Waals surface area contributed by atoms with E-state index in [9.17, 15) is 14.0 Å². The Balaban J connectivity index is 1.80. The number of esters is 1. The molecule has 208 valence electrons. The molecule has 0 aromatic heterocycles. The molecule has 2 aromatic carbocycles. The number of piperidine rings is 1. The summed E-state index contributed by atoms with van der Waals surface area (Å²) in [7, 11) is 3.04. The van der Waals surface area contributed by atoms with Gasteiger partial charge in [0, 0.05) is 24.5 Å². The predicted molar refractivity (Wildman–Crippen MR) is 145 cm³/mol. The van der Waals surface area contributed by atoms with Crippen molar-refractivity contribution in [2.75, 3.05) is 33.9 Å². The third kappa shape index (κ3) is 7.25. The van der Waals surface area contributed by atoms with Crippen LogP contribution in [-0.2, 0) is 19.7 Å². The van der Waals surface area contributed by atoms with Crippen LogP contribution in [0.4, 0.5) is 9.18 Å². The molecule has 38 heavy (non-hydrogen) atoms. The van der Waals surface area contributed by atoms with Crippen molar-refractivity contribution in [2.24, 2.45) is 5.92 Å². The van der Waals surface area contributed by atoms with Gasteiger partial charge in [0.05, 0.1) is 20.1 Å². The van der Waals surface area contributed by atoms with Crippen LogP contribution in [0.5, 0.6) is 5.75 Å². The van der Waals surface area contributed by atoms with E-state index in [0.717, 1.165) is 16.9 Å². The molecule has 1 unspecified atom stereocenters. The molecule has 1 heterocycles. The van der Waals surface area contributed by atoms with Gasteiger partial charge in [0.15, 0.2) is 0 Å². The number of methoxy groups -OCH3 is 2. The van der Waals surface area contributed by atoms with E-state index in [1.807, 2.05) is 45.0 Å². The van der Waals surface area contributed by atoms with E-state index >= 15 is 0 Å². The average molecular weight is 529 g/mol. The standard InChI is InChI=1S/C30H41FN2O5/c1-21(22-7-13-25(36-5)14-8-22)32-18-15-26(27(34)37-6)30(23-9-11-24(31)12-10-23)16-19-33(20-17-30)28(35)38-29(2,3)4/h7-14,21,26,32H,15-20H2,1-6H3/t21-,26?/m1/s1. The Labute approximate surface area is 225 Å². The van der Waals surface area contributed by atoms with E-state index in [1.165, 1.54) is 19.2 Å². The summed E-state index contributed by atoms with van der Waals surface area (Å²) in [5.74, 6) is -0.321. The molecule has 0 bridgehead atoms. The Morgan fingerprint density at radius 3 is 2.16 bits per heavy atom. The van der Waals surface area contributed by atoms with Crippen molar-refractivity contribution >= 4 is 12.1 Å². The molecule has 0 radical (unpaired) electrons. The van der Waals surface area contributed by atoms with Gasteiger partial charge in [-0.3, -0.25) is 4.79 Å². The molecule has 1 fully saturated rings. The minimum atomic E-state index is -0.607. The first-order valence-electron chi connectivity index (χ1n) is 13.2. The molecule has 3 rings (SSSR count). The fraction of sp³-hybridized carbons (Fsp3) is 0.533. The highest BCUT2D eigenvalue weighted by Gasteiger charge is 2.47. The summed E-state index contributed by atoms with van der Waals surface area (Å²) >= 11 is 0. The van der Waals surface area contributed by atoms with Gasteiger partial charge in [-0.25, -0.2) is 9.18 Å². The molecule has 7 nitrogen and oxygen atoms in total. The molecular weight excluding hydrogens is 487 g/mol. The van der Waals surface area contributed by atoms with Crippen LogP contribution in [0.1, 0.15) is 64.1 Å². The molecule has 2 aromatic rings. The lowest BCUT2D eigenvalue weighted by molar-refractivity contribution is -0.149. The molecular formula is C30H41FN2O5. The van der Waals surface area contributed by atoms with Crippen molar-refractivity contribution in [3.63, 3.8) is 0 Å². The molecule has 1 saturated heterocycles. The number of nitrogens with zero attached hydrogens (tertiary/aromatic N) is 1. The zero-order valence-electron chi connectivity index (χ0n) is 23.4. The first-order valence-corrected chi connectivity index (χ1v) is 13.2. The molecule has 8 heteroatoms. The van der Waals surface area contributed by atoms with Crippen molar-refractivity contribution in [1.29, 1.82) is 0 Å². The Bertz CT molecular complexity index is 1060. The van der Waals surface area contributed by atoms with Gasteiger partial charge in [0.1, 0.15) is 17.2 Å². The van der Waals surface area contributed by atoms with Crippen molar-refractivity contribution in [1.82, 2.24) is 10.2 Å². The van der Waals surface area contributed by atoms with Gasteiger partial charge in [-0.2, -0.15) is 0 Å². The Morgan fingerprint density at radius 2 is 1.63 bits per heavy atom. The maximum absolute atomic E-state index is 13.9. The lowest BCUT2D eigenvalue weighted by Crippen LogP contribution is -2.52. The van der Waals surface area contributed by atoms with E-state index in [1.54, 1.807) is 24.1 Å². The summed E-state index contributed by atoms with van der Waals surface area (Å²) < 4.78 is 30.0. The van der Waals surface area contributed by atoms with Crippen molar-refractivity contribution < 1.29 is 28.2 Å². The molecule has 1 aliphatic heterocycles. The number of ether oxygens (including phenoxy) is 3. The second kappa shape index (κ2) is 12.6. The monoisotopic (exact) mass is 528 g/mol. The second-order valence-electron chi connectivity index (χ2n) is 10.9. The van der Waals surface area contributed by atoms with Gasteiger partial charge in [-0.1, -0.05) is 24.3 Å². The summed E-state index contributed by atoms with van der Waals surface area (Å²) in [6.45, 7) is 9.02. The molecule has 2 atom stereocenters. The quantitative estimate of drug-likeness (QED) is 0.425. The van der Waals surface area contributed by atoms with E-state index in [-0.39, 0.29) is 23.9 Å². The summed E-state index contributed by atoms with van der Waals surface area (Å²) in [5.41, 5.74) is 0.786. The molecule has 0 saturated carbocycles. The zero-order chi connectivity index (χ0) is 27.9. The number of amides is 1. The number of hydrogen-bond donors (Lipinski definition) is 1. The molecule has 0 spiro atoms. The van der Waals surface area contributed by atoms with E-state index in [2.05, 4.69) is 12.2 Å². The van der Waals surface area contributed by atoms with Gasteiger partial charge in [-0.05, 0) is 88.9 Å². The Hall–Kier alpha value is -3.13. The first-order chi connectivity index (χ1) is 18.0. The van der Waals surface area contributed by atoms with Crippen LogP contribution in [0.25, 0.3) is 0 Å². The van der Waals surface area contributed by atoms with E-state index in [0.29, 0.717) is 38.9 Å². The van der Waals surface area contributed by atoms with Crippen LogP contribution in [0.2, 0.25) is 0 Å². The largest absolute Gasteiger partial charge is 0.497 e. The normalized spacial score (nSPS) is 16.9. The number of halogens is 1. The Kier molecular flexibility index (Phi) is 9.77. The molecule has 1 amide bonds. The predicted octanol–water partition coefficient (Wildman–Crippen LogP) is 5.63. The maximum Gasteiger partial charge on any atom is 0.410 e. The average Bonchev–Trinajstić information content (AvgIpc) is 2.90. The van der Waals surface area contributed by atoms with Crippen LogP contribution in [-0.4, -0.2) is 56.4 Å². The highest BCUT2D eigenvalue weighted by atomic mass is 19.1. The number of carbonyl (C=O) groups excluding carboxylic acids is 2. The fourth-order valence-electron chi connectivity index (χ4n) is 5.25. The van der Waals surface area contributed by atoms with Crippen LogP contribution in [0.15, 0.2) is 48.5 Å². The van der Waals surface area contributed by atoms with Crippen LogP contribution < -0.4 is 10.1 Å². The number of carbonyl (C=O) groups is 2. The number of likely N-dealkylation sites (tertiary alicyclic amines) is 1. The highest BCUT2D eigenvalue weighted by molar-refractivity contribution is 5.75. The van der Waals surface area contributed by atoms with Crippen molar-refractivity contribution in [3.8, 4) is 5.75 Å². The first kappa shape index (κ1) is 29.4. The summed E-state index contributed by atoms with van der Waals surface area (Å²) in [6, 6.07) is 14.3. The van der Waals surface area contributed by atoms with Gasteiger partial charge < -0.3 is 24.4 Å². The Morgan fingerprint density at radius 1 is 1.03 bits per heavy atom. The van der Waals surface area contributed by atoms with Gasteiger partial charge in [-0.15, -0.1) is 0 Å². The summed E-state index contributed by atoms with van der Waals surface area (Å²) in [6.07, 6.45) is 1.23. The molecule has 0 aliphatic carbocycles.